The first-order valence-corrected chi connectivity index (χ1v) is 12.0. The summed E-state index contributed by atoms with van der Waals surface area (Å²) in [6, 6.07) is 13.3. The Labute approximate surface area is 200 Å². The number of carbonyl (C=O) groups is 2. The average molecular weight is 445 g/mol. The second-order valence-corrected chi connectivity index (χ2v) is 10.3. The largest absolute Gasteiger partial charge is 0.295 e. The van der Waals surface area contributed by atoms with Crippen LogP contribution >= 0.6 is 0 Å². The Morgan fingerprint density at radius 1 is 0.697 bits per heavy atom. The fourth-order valence-corrected chi connectivity index (χ4v) is 4.20. The monoisotopic (exact) mass is 444 g/mol. The molecular formula is C31H40O2. The van der Waals surface area contributed by atoms with Crippen LogP contribution in [0.4, 0.5) is 0 Å². The molecule has 0 saturated carbocycles. The van der Waals surface area contributed by atoms with Crippen molar-refractivity contribution in [2.45, 2.75) is 86.5 Å². The first-order chi connectivity index (χ1) is 15.4. The number of allylic oxidation sites excluding steroid dienone is 4. The van der Waals surface area contributed by atoms with E-state index < -0.39 is 0 Å². The average Bonchev–Trinajstić information content (AvgIpc) is 2.70. The van der Waals surface area contributed by atoms with E-state index in [-0.39, 0.29) is 17.0 Å². The number of benzene rings is 2. The fourth-order valence-electron chi connectivity index (χ4n) is 4.20. The second kappa shape index (κ2) is 11.4. The van der Waals surface area contributed by atoms with Crippen LogP contribution in [0.2, 0.25) is 0 Å². The summed E-state index contributed by atoms with van der Waals surface area (Å²) in [4.78, 5) is 24.1. The lowest BCUT2D eigenvalue weighted by atomic mass is 9.76. The van der Waals surface area contributed by atoms with E-state index >= 15 is 0 Å². The summed E-state index contributed by atoms with van der Waals surface area (Å²) in [5, 5.41) is 0. The highest BCUT2D eigenvalue weighted by atomic mass is 16.1. The van der Waals surface area contributed by atoms with Crippen molar-refractivity contribution in [3.63, 3.8) is 0 Å². The van der Waals surface area contributed by atoms with Crippen molar-refractivity contribution in [2.75, 3.05) is 0 Å². The lowest BCUT2D eigenvalue weighted by molar-refractivity contribution is -0.115. The summed E-state index contributed by atoms with van der Waals surface area (Å²) in [6.45, 7) is 16.6. The van der Waals surface area contributed by atoms with Crippen LogP contribution in [0.1, 0.15) is 87.8 Å². The predicted molar refractivity (Wildman–Crippen MR) is 140 cm³/mol. The summed E-state index contributed by atoms with van der Waals surface area (Å²) < 4.78 is 0. The molecule has 0 radical (unpaired) electrons. The number of ketones is 2. The zero-order chi connectivity index (χ0) is 24.8. The molecule has 0 bridgehead atoms. The Morgan fingerprint density at radius 2 is 1.06 bits per heavy atom. The lowest BCUT2D eigenvalue weighted by Gasteiger charge is -2.28. The van der Waals surface area contributed by atoms with Gasteiger partial charge in [0.05, 0.1) is 0 Å². The Hall–Kier alpha value is -2.74. The second-order valence-electron chi connectivity index (χ2n) is 10.3. The molecule has 0 amide bonds. The number of rotatable bonds is 10. The van der Waals surface area contributed by atoms with Gasteiger partial charge in [0.25, 0.3) is 0 Å². The van der Waals surface area contributed by atoms with Crippen LogP contribution in [-0.4, -0.2) is 11.6 Å². The summed E-state index contributed by atoms with van der Waals surface area (Å²) in [5.41, 5.74) is 9.44. The third kappa shape index (κ3) is 7.67. The highest BCUT2D eigenvalue weighted by molar-refractivity contribution is 5.90. The molecule has 2 heteroatoms. The molecule has 0 heterocycles. The van der Waals surface area contributed by atoms with Gasteiger partial charge in [-0.05, 0) is 99.9 Å². The smallest absolute Gasteiger partial charge is 0.155 e. The van der Waals surface area contributed by atoms with E-state index in [1.807, 2.05) is 27.7 Å². The van der Waals surface area contributed by atoms with Gasteiger partial charge in [0, 0.05) is 18.3 Å². The molecule has 2 aromatic carbocycles. The third-order valence-corrected chi connectivity index (χ3v) is 6.31. The molecule has 0 fully saturated rings. The van der Waals surface area contributed by atoms with Crippen molar-refractivity contribution in [2.24, 2.45) is 0 Å². The van der Waals surface area contributed by atoms with E-state index in [4.69, 9.17) is 0 Å². The molecule has 0 aliphatic carbocycles. The van der Waals surface area contributed by atoms with Gasteiger partial charge in [0.2, 0.25) is 0 Å². The molecule has 0 aromatic heterocycles. The van der Waals surface area contributed by atoms with Crippen molar-refractivity contribution in [1.82, 2.24) is 0 Å². The van der Waals surface area contributed by atoms with E-state index in [0.717, 1.165) is 24.0 Å². The molecule has 0 spiro atoms. The summed E-state index contributed by atoms with van der Waals surface area (Å²) >= 11 is 0. The molecule has 0 unspecified atom stereocenters. The molecule has 176 valence electrons. The molecule has 0 aliphatic rings. The Morgan fingerprint density at radius 3 is 1.36 bits per heavy atom. The van der Waals surface area contributed by atoms with Crippen LogP contribution in [0, 0.1) is 13.8 Å². The van der Waals surface area contributed by atoms with E-state index in [1.54, 1.807) is 12.2 Å². The molecule has 0 aliphatic heterocycles. The number of hydrogen-bond acceptors (Lipinski definition) is 2. The van der Waals surface area contributed by atoms with Crippen molar-refractivity contribution in [3.05, 3.63) is 93.1 Å². The molecule has 2 aromatic rings. The van der Waals surface area contributed by atoms with E-state index in [9.17, 15) is 9.59 Å². The van der Waals surface area contributed by atoms with Gasteiger partial charge >= 0.3 is 0 Å². The Balaban J connectivity index is 2.16. The zero-order valence-electron chi connectivity index (χ0n) is 21.8. The van der Waals surface area contributed by atoms with Crippen LogP contribution in [0.3, 0.4) is 0 Å². The van der Waals surface area contributed by atoms with Crippen molar-refractivity contribution in [3.8, 4) is 0 Å². The van der Waals surface area contributed by atoms with E-state index in [1.165, 1.54) is 33.4 Å². The predicted octanol–water partition coefficient (Wildman–Crippen LogP) is 7.57. The van der Waals surface area contributed by atoms with Crippen LogP contribution < -0.4 is 0 Å². The molecule has 2 nitrogen and oxygen atoms in total. The van der Waals surface area contributed by atoms with Crippen LogP contribution in [0.15, 0.2) is 59.7 Å². The van der Waals surface area contributed by atoms with Gasteiger partial charge < -0.3 is 0 Å². The normalized spacial score (nSPS) is 11.2. The minimum absolute atomic E-state index is 0.137. The Kier molecular flexibility index (Phi) is 9.16. The van der Waals surface area contributed by atoms with E-state index in [2.05, 4.69) is 64.1 Å². The fraction of sp³-hybridized carbons (Fsp3) is 0.419. The maximum absolute atomic E-state index is 12.0. The number of carbonyl (C=O) groups excluding carboxylic acids is 2. The van der Waals surface area contributed by atoms with Gasteiger partial charge in [0.15, 0.2) is 11.6 Å². The minimum atomic E-state index is -0.137. The maximum Gasteiger partial charge on any atom is 0.155 e. The van der Waals surface area contributed by atoms with Crippen LogP contribution in [0.5, 0.6) is 0 Å². The SMILES string of the molecule is CC(C)=CC(=O)CCc1ccc(C(C)(C)c2ccc(CCC(=O)C=C(C)C)c(C)c2)cc1C. The van der Waals surface area contributed by atoms with Gasteiger partial charge in [-0.2, -0.15) is 0 Å². The summed E-state index contributed by atoms with van der Waals surface area (Å²) in [6.07, 6.45) is 6.10. The first-order valence-electron chi connectivity index (χ1n) is 12.0. The highest BCUT2D eigenvalue weighted by Crippen LogP contribution is 2.34. The minimum Gasteiger partial charge on any atom is -0.295 e. The zero-order valence-corrected chi connectivity index (χ0v) is 21.8. The van der Waals surface area contributed by atoms with Gasteiger partial charge in [-0.15, -0.1) is 0 Å². The molecule has 33 heavy (non-hydrogen) atoms. The molecular weight excluding hydrogens is 404 g/mol. The van der Waals surface area contributed by atoms with Gasteiger partial charge in [-0.3, -0.25) is 9.59 Å². The third-order valence-electron chi connectivity index (χ3n) is 6.31. The van der Waals surface area contributed by atoms with Crippen molar-refractivity contribution < 1.29 is 9.59 Å². The molecule has 0 N–H and O–H groups in total. The lowest BCUT2D eigenvalue weighted by Crippen LogP contribution is -2.19. The topological polar surface area (TPSA) is 34.1 Å². The molecule has 2 rings (SSSR count). The van der Waals surface area contributed by atoms with Crippen LogP contribution in [-0.2, 0) is 27.8 Å². The quantitative estimate of drug-likeness (QED) is 0.354. The standard InChI is InChI=1S/C31H40O2/c1-21(2)17-29(32)15-11-25-9-13-27(19-23(25)5)31(7,8)28-14-10-26(24(6)20-28)12-16-30(33)18-22(3)4/h9-10,13-14,17-20H,11-12,15-16H2,1-8H3. The van der Waals surface area contributed by atoms with Gasteiger partial charge in [-0.25, -0.2) is 0 Å². The van der Waals surface area contributed by atoms with Gasteiger partial charge in [0.1, 0.15) is 0 Å². The Bertz CT molecular complexity index is 987. The summed E-state index contributed by atoms with van der Waals surface area (Å²) in [5.74, 6) is 0.383. The number of aryl methyl sites for hydroxylation is 4. The maximum atomic E-state index is 12.0. The number of hydrogen-bond donors (Lipinski definition) is 0. The first kappa shape index (κ1) is 26.5. The highest BCUT2D eigenvalue weighted by Gasteiger charge is 2.24. The summed E-state index contributed by atoms with van der Waals surface area (Å²) in [7, 11) is 0. The molecule has 0 saturated heterocycles. The van der Waals surface area contributed by atoms with Gasteiger partial charge in [-0.1, -0.05) is 61.4 Å². The van der Waals surface area contributed by atoms with E-state index in [0.29, 0.717) is 12.8 Å². The van der Waals surface area contributed by atoms with Crippen molar-refractivity contribution >= 4 is 11.6 Å². The van der Waals surface area contributed by atoms with Crippen molar-refractivity contribution in [1.29, 1.82) is 0 Å². The van der Waals surface area contributed by atoms with Crippen LogP contribution in [0.25, 0.3) is 0 Å². The molecule has 0 atom stereocenters.